The Labute approximate surface area is 161 Å². The lowest BCUT2D eigenvalue weighted by Crippen LogP contribution is -2.29. The quantitative estimate of drug-likeness (QED) is 0.561. The van der Waals surface area contributed by atoms with Crippen LogP contribution in [0.25, 0.3) is 0 Å². The van der Waals surface area contributed by atoms with Crippen LogP contribution in [0.15, 0.2) is 41.3 Å². The van der Waals surface area contributed by atoms with Gasteiger partial charge in [-0.15, -0.1) is 11.3 Å². The molecule has 7 nitrogen and oxygen atoms in total. The number of sulfonamides is 1. The number of thiophene rings is 1. The molecular weight excluding hydrogens is 388 g/mol. The first-order valence-electron chi connectivity index (χ1n) is 8.33. The fraction of sp³-hybridized carbons (Fsp3) is 0.278. The third-order valence-corrected chi connectivity index (χ3v) is 6.85. The van der Waals surface area contributed by atoms with E-state index in [0.717, 1.165) is 9.78 Å². The summed E-state index contributed by atoms with van der Waals surface area (Å²) in [5.74, 6) is -0.578. The van der Waals surface area contributed by atoms with Crippen molar-refractivity contribution < 1.29 is 22.8 Å². The predicted octanol–water partition coefficient (Wildman–Crippen LogP) is 2.13. The fourth-order valence-corrected chi connectivity index (χ4v) is 4.67. The van der Waals surface area contributed by atoms with Gasteiger partial charge in [0, 0.05) is 24.3 Å². The van der Waals surface area contributed by atoms with Crippen LogP contribution in [-0.4, -0.2) is 32.6 Å². The van der Waals surface area contributed by atoms with Gasteiger partial charge in [-0.2, -0.15) is 0 Å². The van der Waals surface area contributed by atoms with Crippen LogP contribution < -0.4 is 9.62 Å². The van der Waals surface area contributed by atoms with Crippen molar-refractivity contribution >= 4 is 44.6 Å². The summed E-state index contributed by atoms with van der Waals surface area (Å²) >= 11 is 1.35. The number of hydrogen-bond donors (Lipinski definition) is 1. The third-order valence-electron chi connectivity index (χ3n) is 4.13. The number of amides is 2. The molecule has 0 bridgehead atoms. The van der Waals surface area contributed by atoms with E-state index in [0.29, 0.717) is 17.0 Å². The molecule has 1 aliphatic heterocycles. The van der Waals surface area contributed by atoms with Crippen LogP contribution in [0.1, 0.15) is 34.3 Å². The van der Waals surface area contributed by atoms with Gasteiger partial charge in [-0.25, -0.2) is 13.1 Å². The van der Waals surface area contributed by atoms with E-state index >= 15 is 0 Å². The first kappa shape index (κ1) is 19.4. The van der Waals surface area contributed by atoms with Gasteiger partial charge in [0.1, 0.15) is 0 Å². The number of carbonyl (C=O) groups excluding carboxylic acids is 3. The minimum Gasteiger partial charge on any atom is -0.294 e. The lowest BCUT2D eigenvalue weighted by Gasteiger charge is -2.14. The van der Waals surface area contributed by atoms with E-state index in [2.05, 4.69) is 4.72 Å². The zero-order valence-corrected chi connectivity index (χ0v) is 16.2. The molecule has 3 rings (SSSR count). The molecule has 9 heteroatoms. The Morgan fingerprint density at radius 1 is 1.07 bits per heavy atom. The SMILES string of the molecule is CC(=O)c1ccc(CCNS(=O)(=O)c2ccc(N3C(=O)CCC3=O)cc2)s1. The summed E-state index contributed by atoms with van der Waals surface area (Å²) in [7, 11) is -3.71. The smallest absolute Gasteiger partial charge is 0.240 e. The van der Waals surface area contributed by atoms with Crippen LogP contribution in [0.5, 0.6) is 0 Å². The molecule has 0 atom stereocenters. The molecule has 2 amide bonds. The second-order valence-electron chi connectivity index (χ2n) is 6.09. The van der Waals surface area contributed by atoms with Gasteiger partial charge >= 0.3 is 0 Å². The number of carbonyl (C=O) groups is 3. The molecule has 1 aromatic carbocycles. The molecule has 0 aliphatic carbocycles. The monoisotopic (exact) mass is 406 g/mol. The van der Waals surface area contributed by atoms with Crippen molar-refractivity contribution in [3.05, 3.63) is 46.2 Å². The van der Waals surface area contributed by atoms with Crippen LogP contribution in [0.2, 0.25) is 0 Å². The maximum Gasteiger partial charge on any atom is 0.240 e. The first-order valence-corrected chi connectivity index (χ1v) is 10.6. The fourth-order valence-electron chi connectivity index (χ4n) is 2.73. The largest absolute Gasteiger partial charge is 0.294 e. The first-order chi connectivity index (χ1) is 12.8. The zero-order valence-electron chi connectivity index (χ0n) is 14.6. The summed E-state index contributed by atoms with van der Waals surface area (Å²) in [4.78, 5) is 37.5. The summed E-state index contributed by atoms with van der Waals surface area (Å²) in [5.41, 5.74) is 0.372. The Bertz CT molecular complexity index is 977. The van der Waals surface area contributed by atoms with Crippen molar-refractivity contribution in [1.29, 1.82) is 0 Å². The van der Waals surface area contributed by atoms with E-state index in [1.54, 1.807) is 6.07 Å². The topological polar surface area (TPSA) is 101 Å². The summed E-state index contributed by atoms with van der Waals surface area (Å²) in [6.45, 7) is 1.69. The van der Waals surface area contributed by atoms with Crippen molar-refractivity contribution in [3.63, 3.8) is 0 Å². The van der Waals surface area contributed by atoms with Gasteiger partial charge < -0.3 is 0 Å². The van der Waals surface area contributed by atoms with Gasteiger partial charge in [0.2, 0.25) is 21.8 Å². The van der Waals surface area contributed by atoms with Gasteiger partial charge in [0.05, 0.1) is 15.5 Å². The molecule has 142 valence electrons. The lowest BCUT2D eigenvalue weighted by atomic mass is 10.3. The van der Waals surface area contributed by atoms with Crippen molar-refractivity contribution in [2.45, 2.75) is 31.1 Å². The zero-order chi connectivity index (χ0) is 19.6. The minimum atomic E-state index is -3.71. The van der Waals surface area contributed by atoms with Crippen LogP contribution in [0, 0.1) is 0 Å². The molecule has 0 radical (unpaired) electrons. The second kappa shape index (κ2) is 7.71. The van der Waals surface area contributed by atoms with Gasteiger partial charge in [-0.3, -0.25) is 19.3 Å². The number of nitrogens with one attached hydrogen (secondary N) is 1. The lowest BCUT2D eigenvalue weighted by molar-refractivity contribution is -0.121. The van der Waals surface area contributed by atoms with Gasteiger partial charge in [-0.1, -0.05) is 0 Å². The number of hydrogen-bond acceptors (Lipinski definition) is 6. The number of anilines is 1. The van der Waals surface area contributed by atoms with Crippen molar-refractivity contribution in [2.24, 2.45) is 0 Å². The van der Waals surface area contributed by atoms with Crippen molar-refractivity contribution in [1.82, 2.24) is 4.72 Å². The third kappa shape index (κ3) is 4.32. The summed E-state index contributed by atoms with van der Waals surface area (Å²) in [5, 5.41) is 0. The molecule has 1 aliphatic rings. The standard InChI is InChI=1S/C18H18N2O5S2/c1-12(21)16-7-4-14(26-16)10-11-19-27(24,25)15-5-2-13(3-6-15)20-17(22)8-9-18(20)23/h2-7,19H,8-11H2,1H3. The van der Waals surface area contributed by atoms with Crippen molar-refractivity contribution in [2.75, 3.05) is 11.4 Å². The number of benzene rings is 1. The normalized spacial score (nSPS) is 14.8. The highest BCUT2D eigenvalue weighted by Crippen LogP contribution is 2.24. The number of imide groups is 1. The Kier molecular flexibility index (Phi) is 5.54. The van der Waals surface area contributed by atoms with E-state index in [-0.39, 0.29) is 41.9 Å². The molecule has 0 saturated carbocycles. The molecule has 1 N–H and O–H groups in total. The van der Waals surface area contributed by atoms with Crippen LogP contribution in [0.4, 0.5) is 5.69 Å². The number of Topliss-reactive ketones (excluding diaryl/α,β-unsaturated/α-hetero) is 1. The van der Waals surface area contributed by atoms with E-state index in [1.807, 2.05) is 6.07 Å². The maximum absolute atomic E-state index is 12.4. The second-order valence-corrected chi connectivity index (χ2v) is 9.02. The van der Waals surface area contributed by atoms with E-state index < -0.39 is 10.0 Å². The summed E-state index contributed by atoms with van der Waals surface area (Å²) < 4.78 is 27.3. The van der Waals surface area contributed by atoms with Gasteiger partial charge in [0.25, 0.3) is 0 Å². The number of ketones is 1. The Morgan fingerprint density at radius 2 is 1.70 bits per heavy atom. The number of nitrogens with zero attached hydrogens (tertiary/aromatic N) is 1. The number of rotatable bonds is 7. The molecular formula is C18H18N2O5S2. The van der Waals surface area contributed by atoms with Gasteiger partial charge in [-0.05, 0) is 49.7 Å². The van der Waals surface area contributed by atoms with Gasteiger partial charge in [0.15, 0.2) is 5.78 Å². The van der Waals surface area contributed by atoms with E-state index in [9.17, 15) is 22.8 Å². The van der Waals surface area contributed by atoms with E-state index in [1.165, 1.54) is 42.5 Å². The summed E-state index contributed by atoms with van der Waals surface area (Å²) in [6.07, 6.45) is 0.828. The predicted molar refractivity (Wildman–Crippen MR) is 101 cm³/mol. The highest BCUT2D eigenvalue weighted by Gasteiger charge is 2.30. The molecule has 1 saturated heterocycles. The van der Waals surface area contributed by atoms with Crippen LogP contribution >= 0.6 is 11.3 Å². The molecule has 0 unspecified atom stereocenters. The molecule has 1 fully saturated rings. The highest BCUT2D eigenvalue weighted by atomic mass is 32.2. The highest BCUT2D eigenvalue weighted by molar-refractivity contribution is 7.89. The Hall–Kier alpha value is -2.36. The average molecular weight is 406 g/mol. The minimum absolute atomic E-state index is 0.0121. The molecule has 2 heterocycles. The maximum atomic E-state index is 12.4. The summed E-state index contributed by atoms with van der Waals surface area (Å²) in [6, 6.07) is 9.19. The van der Waals surface area contributed by atoms with E-state index in [4.69, 9.17) is 0 Å². The average Bonchev–Trinajstić information content (AvgIpc) is 3.22. The molecule has 0 spiro atoms. The molecule has 27 heavy (non-hydrogen) atoms. The Morgan fingerprint density at radius 3 is 2.26 bits per heavy atom. The molecule has 1 aromatic heterocycles. The van der Waals surface area contributed by atoms with Crippen molar-refractivity contribution in [3.8, 4) is 0 Å². The van der Waals surface area contributed by atoms with Crippen LogP contribution in [-0.2, 0) is 26.0 Å². The molecule has 2 aromatic rings. The van der Waals surface area contributed by atoms with Crippen LogP contribution in [0.3, 0.4) is 0 Å². The Balaban J connectivity index is 1.63.